The highest BCUT2D eigenvalue weighted by atomic mass is 15.3. The fourth-order valence-corrected chi connectivity index (χ4v) is 2.76. The summed E-state index contributed by atoms with van der Waals surface area (Å²) in [6.45, 7) is 4.89. The highest BCUT2D eigenvalue weighted by Gasteiger charge is 2.34. The third kappa shape index (κ3) is 2.27. The van der Waals surface area contributed by atoms with E-state index in [1.807, 2.05) is 0 Å². The summed E-state index contributed by atoms with van der Waals surface area (Å²) in [5.41, 5.74) is 0. The van der Waals surface area contributed by atoms with Gasteiger partial charge in [-0.2, -0.15) is 0 Å². The minimum atomic E-state index is 0.822. The average molecular weight is 197 g/mol. The van der Waals surface area contributed by atoms with Crippen molar-refractivity contribution in [1.82, 2.24) is 15.1 Å². The van der Waals surface area contributed by atoms with Crippen molar-refractivity contribution in [3.63, 3.8) is 0 Å². The lowest BCUT2D eigenvalue weighted by molar-refractivity contribution is 0.183. The second-order valence-corrected chi connectivity index (χ2v) is 4.92. The molecule has 0 spiro atoms. The van der Waals surface area contributed by atoms with Gasteiger partial charge in [-0.15, -0.1) is 0 Å². The maximum absolute atomic E-state index is 3.54. The lowest BCUT2D eigenvalue weighted by atomic mass is 10.1. The molecule has 3 nitrogen and oxygen atoms in total. The van der Waals surface area contributed by atoms with E-state index >= 15 is 0 Å². The van der Waals surface area contributed by atoms with Gasteiger partial charge in [0.25, 0.3) is 0 Å². The fraction of sp³-hybridized carbons (Fsp3) is 1.00. The first-order chi connectivity index (χ1) is 6.77. The summed E-state index contributed by atoms with van der Waals surface area (Å²) in [5, 5.41) is 3.54. The van der Waals surface area contributed by atoms with Crippen molar-refractivity contribution in [2.45, 2.75) is 31.3 Å². The van der Waals surface area contributed by atoms with E-state index in [0.29, 0.717) is 0 Å². The number of nitrogens with zero attached hydrogens (tertiary/aromatic N) is 2. The Kier molecular flexibility index (Phi) is 3.42. The normalized spacial score (nSPS) is 33.6. The minimum absolute atomic E-state index is 0.822. The number of rotatable bonds is 3. The summed E-state index contributed by atoms with van der Waals surface area (Å²) < 4.78 is 0. The Balaban J connectivity index is 1.89. The maximum Gasteiger partial charge on any atom is 0.0224 e. The van der Waals surface area contributed by atoms with E-state index in [2.05, 4.69) is 29.2 Å². The van der Waals surface area contributed by atoms with Gasteiger partial charge in [0.2, 0.25) is 0 Å². The molecule has 2 aliphatic heterocycles. The zero-order valence-corrected chi connectivity index (χ0v) is 9.50. The number of likely N-dealkylation sites (N-methyl/N-ethyl adjacent to an activating group) is 1. The SMILES string of the molecule is CN(C)CCN1C2CCNCC1CC2. The second-order valence-electron chi connectivity index (χ2n) is 4.92. The molecule has 0 aliphatic carbocycles. The molecule has 2 bridgehead atoms. The van der Waals surface area contributed by atoms with Crippen molar-refractivity contribution < 1.29 is 0 Å². The molecule has 2 heterocycles. The van der Waals surface area contributed by atoms with Gasteiger partial charge in [-0.3, -0.25) is 4.90 Å². The van der Waals surface area contributed by atoms with Crippen LogP contribution in [0.3, 0.4) is 0 Å². The van der Waals surface area contributed by atoms with Gasteiger partial charge >= 0.3 is 0 Å². The van der Waals surface area contributed by atoms with Crippen molar-refractivity contribution in [3.05, 3.63) is 0 Å². The summed E-state index contributed by atoms with van der Waals surface area (Å²) >= 11 is 0. The predicted octanol–water partition coefficient (Wildman–Crippen LogP) is 0.374. The average Bonchev–Trinajstić information content (AvgIpc) is 2.36. The molecule has 3 heteroatoms. The van der Waals surface area contributed by atoms with Crippen LogP contribution in [0.1, 0.15) is 19.3 Å². The molecule has 2 unspecified atom stereocenters. The van der Waals surface area contributed by atoms with E-state index in [9.17, 15) is 0 Å². The molecule has 0 amide bonds. The first-order valence-electron chi connectivity index (χ1n) is 5.88. The molecule has 2 saturated heterocycles. The molecule has 0 aromatic carbocycles. The minimum Gasteiger partial charge on any atom is -0.315 e. The fourth-order valence-electron chi connectivity index (χ4n) is 2.76. The summed E-state index contributed by atoms with van der Waals surface area (Å²) in [6.07, 6.45) is 4.19. The van der Waals surface area contributed by atoms with Crippen LogP contribution in [0.4, 0.5) is 0 Å². The van der Waals surface area contributed by atoms with Gasteiger partial charge in [0.15, 0.2) is 0 Å². The molecule has 2 aliphatic rings. The lowest BCUT2D eigenvalue weighted by Crippen LogP contribution is -2.41. The molecule has 2 rings (SSSR count). The molecule has 0 aromatic rings. The van der Waals surface area contributed by atoms with E-state index < -0.39 is 0 Å². The largest absolute Gasteiger partial charge is 0.315 e. The van der Waals surface area contributed by atoms with Crippen molar-refractivity contribution in [3.8, 4) is 0 Å². The summed E-state index contributed by atoms with van der Waals surface area (Å²) in [4.78, 5) is 5.03. The summed E-state index contributed by atoms with van der Waals surface area (Å²) in [5.74, 6) is 0. The van der Waals surface area contributed by atoms with E-state index in [4.69, 9.17) is 0 Å². The molecule has 2 atom stereocenters. The van der Waals surface area contributed by atoms with Crippen molar-refractivity contribution >= 4 is 0 Å². The second kappa shape index (κ2) is 4.60. The van der Waals surface area contributed by atoms with E-state index in [0.717, 1.165) is 12.1 Å². The topological polar surface area (TPSA) is 18.5 Å². The van der Waals surface area contributed by atoms with Gasteiger partial charge in [-0.25, -0.2) is 0 Å². The quantitative estimate of drug-likeness (QED) is 0.705. The van der Waals surface area contributed by atoms with Crippen LogP contribution in [-0.2, 0) is 0 Å². The van der Waals surface area contributed by atoms with Crippen LogP contribution in [0.2, 0.25) is 0 Å². The highest BCUT2D eigenvalue weighted by molar-refractivity contribution is 4.91. The molecule has 2 fully saturated rings. The van der Waals surface area contributed by atoms with Crippen LogP contribution in [0.15, 0.2) is 0 Å². The third-order valence-electron chi connectivity index (χ3n) is 3.61. The molecule has 0 radical (unpaired) electrons. The zero-order valence-electron chi connectivity index (χ0n) is 9.50. The van der Waals surface area contributed by atoms with Gasteiger partial charge in [-0.05, 0) is 39.9 Å². The zero-order chi connectivity index (χ0) is 9.97. The Hall–Kier alpha value is -0.120. The van der Waals surface area contributed by atoms with E-state index in [1.165, 1.54) is 45.4 Å². The van der Waals surface area contributed by atoms with Crippen molar-refractivity contribution in [2.24, 2.45) is 0 Å². The molecule has 1 N–H and O–H groups in total. The Morgan fingerprint density at radius 2 is 2.00 bits per heavy atom. The predicted molar refractivity (Wildman–Crippen MR) is 59.6 cm³/mol. The first kappa shape index (κ1) is 10.4. The maximum atomic E-state index is 3.54. The molecule has 0 saturated carbocycles. The molecule has 14 heavy (non-hydrogen) atoms. The molecular formula is C11H23N3. The Morgan fingerprint density at radius 1 is 1.21 bits per heavy atom. The Morgan fingerprint density at radius 3 is 2.79 bits per heavy atom. The van der Waals surface area contributed by atoms with Crippen LogP contribution in [0.5, 0.6) is 0 Å². The monoisotopic (exact) mass is 197 g/mol. The van der Waals surface area contributed by atoms with Gasteiger partial charge in [0.1, 0.15) is 0 Å². The van der Waals surface area contributed by atoms with Crippen molar-refractivity contribution in [2.75, 3.05) is 40.3 Å². The molecule has 0 aromatic heterocycles. The number of hydrogen-bond acceptors (Lipinski definition) is 3. The van der Waals surface area contributed by atoms with Crippen LogP contribution in [0, 0.1) is 0 Å². The van der Waals surface area contributed by atoms with Crippen LogP contribution < -0.4 is 5.32 Å². The first-order valence-corrected chi connectivity index (χ1v) is 5.88. The summed E-state index contributed by atoms with van der Waals surface area (Å²) in [7, 11) is 4.33. The van der Waals surface area contributed by atoms with Gasteiger partial charge < -0.3 is 10.2 Å². The van der Waals surface area contributed by atoms with Gasteiger partial charge in [-0.1, -0.05) is 0 Å². The standard InChI is InChI=1S/C11H23N3/c1-13(2)7-8-14-10-3-4-11(14)9-12-6-5-10/h10-12H,3-9H2,1-2H3. The lowest BCUT2D eigenvalue weighted by Gasteiger charge is -2.28. The number of hydrogen-bond donors (Lipinski definition) is 1. The Labute approximate surface area is 87.4 Å². The van der Waals surface area contributed by atoms with Gasteiger partial charge in [0.05, 0.1) is 0 Å². The third-order valence-corrected chi connectivity index (χ3v) is 3.61. The number of nitrogens with one attached hydrogen (secondary N) is 1. The molecule has 82 valence electrons. The smallest absolute Gasteiger partial charge is 0.0224 e. The van der Waals surface area contributed by atoms with E-state index in [1.54, 1.807) is 0 Å². The van der Waals surface area contributed by atoms with Crippen molar-refractivity contribution in [1.29, 1.82) is 0 Å². The van der Waals surface area contributed by atoms with E-state index in [-0.39, 0.29) is 0 Å². The summed E-state index contributed by atoms with van der Waals surface area (Å²) in [6, 6.07) is 1.69. The van der Waals surface area contributed by atoms with Crippen LogP contribution in [0.25, 0.3) is 0 Å². The highest BCUT2D eigenvalue weighted by Crippen LogP contribution is 2.27. The van der Waals surface area contributed by atoms with Crippen LogP contribution >= 0.6 is 0 Å². The number of fused-ring (bicyclic) bond motifs is 2. The van der Waals surface area contributed by atoms with Gasteiger partial charge in [0, 0.05) is 31.7 Å². The molecular weight excluding hydrogens is 174 g/mol. The van der Waals surface area contributed by atoms with Crippen LogP contribution in [-0.4, -0.2) is 62.2 Å². The Bertz CT molecular complexity index is 167.